The SMILES string of the molecule is O=C(Nc1ccc(S(=O)(=O)N2CCOCC2)cc1)c1cc2cccc(Cl)c2[nH]1. The molecule has 28 heavy (non-hydrogen) atoms. The number of morpholine rings is 1. The molecule has 0 radical (unpaired) electrons. The molecule has 2 N–H and O–H groups in total. The van der Waals surface area contributed by atoms with E-state index in [1.54, 1.807) is 24.3 Å². The zero-order valence-electron chi connectivity index (χ0n) is 14.8. The molecule has 146 valence electrons. The summed E-state index contributed by atoms with van der Waals surface area (Å²) in [5, 5.41) is 4.13. The number of anilines is 1. The molecule has 0 spiro atoms. The number of H-pyrrole nitrogens is 1. The van der Waals surface area contributed by atoms with Crippen LogP contribution in [-0.2, 0) is 14.8 Å². The van der Waals surface area contributed by atoms with Crippen molar-refractivity contribution in [1.29, 1.82) is 0 Å². The number of rotatable bonds is 4. The van der Waals surface area contributed by atoms with Crippen molar-refractivity contribution in [1.82, 2.24) is 9.29 Å². The molecule has 1 aliphatic rings. The predicted molar refractivity (Wildman–Crippen MR) is 107 cm³/mol. The molecule has 1 aromatic heterocycles. The average molecular weight is 420 g/mol. The van der Waals surface area contributed by atoms with Gasteiger partial charge in [0, 0.05) is 24.2 Å². The lowest BCUT2D eigenvalue weighted by molar-refractivity contribution is 0.0730. The number of para-hydroxylation sites is 1. The van der Waals surface area contributed by atoms with Crippen LogP contribution in [-0.4, -0.2) is 49.9 Å². The number of benzene rings is 2. The Bertz CT molecular complexity index is 1120. The molecule has 0 saturated carbocycles. The fraction of sp³-hybridized carbons (Fsp3) is 0.211. The lowest BCUT2D eigenvalue weighted by Crippen LogP contribution is -2.40. The number of carbonyl (C=O) groups excluding carboxylic acids is 1. The van der Waals surface area contributed by atoms with Gasteiger partial charge in [-0.3, -0.25) is 4.79 Å². The molecular formula is C19H18ClN3O4S. The predicted octanol–water partition coefficient (Wildman–Crippen LogP) is 3.09. The maximum Gasteiger partial charge on any atom is 0.272 e. The number of fused-ring (bicyclic) bond motifs is 1. The van der Waals surface area contributed by atoms with Gasteiger partial charge in [0.2, 0.25) is 10.0 Å². The summed E-state index contributed by atoms with van der Waals surface area (Å²) in [5.41, 5.74) is 1.56. The van der Waals surface area contributed by atoms with E-state index in [9.17, 15) is 13.2 Å². The van der Waals surface area contributed by atoms with E-state index in [0.717, 1.165) is 5.39 Å². The molecule has 0 unspecified atom stereocenters. The number of hydrogen-bond donors (Lipinski definition) is 2. The van der Waals surface area contributed by atoms with Crippen molar-refractivity contribution < 1.29 is 17.9 Å². The molecule has 2 aromatic carbocycles. The lowest BCUT2D eigenvalue weighted by Gasteiger charge is -2.26. The minimum atomic E-state index is -3.56. The Morgan fingerprint density at radius 1 is 1.11 bits per heavy atom. The van der Waals surface area contributed by atoms with Gasteiger partial charge >= 0.3 is 0 Å². The number of nitrogens with zero attached hydrogens (tertiary/aromatic N) is 1. The van der Waals surface area contributed by atoms with Gasteiger partial charge in [-0.25, -0.2) is 8.42 Å². The Morgan fingerprint density at radius 3 is 2.50 bits per heavy atom. The summed E-state index contributed by atoms with van der Waals surface area (Å²) >= 11 is 6.13. The molecule has 0 aliphatic carbocycles. The number of halogens is 1. The summed E-state index contributed by atoms with van der Waals surface area (Å²) in [5.74, 6) is -0.337. The van der Waals surface area contributed by atoms with E-state index in [2.05, 4.69) is 10.3 Å². The van der Waals surface area contributed by atoms with E-state index >= 15 is 0 Å². The Morgan fingerprint density at radius 2 is 1.82 bits per heavy atom. The summed E-state index contributed by atoms with van der Waals surface area (Å²) < 4.78 is 31.9. The van der Waals surface area contributed by atoms with Gasteiger partial charge in [0.15, 0.2) is 0 Å². The van der Waals surface area contributed by atoms with Gasteiger partial charge in [-0.2, -0.15) is 4.31 Å². The smallest absolute Gasteiger partial charge is 0.272 e. The van der Waals surface area contributed by atoms with Crippen LogP contribution in [0.2, 0.25) is 5.02 Å². The molecule has 9 heteroatoms. The maximum atomic E-state index is 12.6. The second-order valence-corrected chi connectivity index (χ2v) is 8.73. The third kappa shape index (κ3) is 3.64. The fourth-order valence-corrected chi connectivity index (χ4v) is 4.72. The van der Waals surface area contributed by atoms with Gasteiger partial charge in [-0.15, -0.1) is 0 Å². The maximum absolute atomic E-state index is 12.6. The van der Waals surface area contributed by atoms with Gasteiger partial charge < -0.3 is 15.0 Å². The van der Waals surface area contributed by atoms with E-state index in [-0.39, 0.29) is 10.8 Å². The van der Waals surface area contributed by atoms with Crippen molar-refractivity contribution in [3.05, 3.63) is 59.2 Å². The number of amides is 1. The highest BCUT2D eigenvalue weighted by atomic mass is 35.5. The van der Waals surface area contributed by atoms with Crippen LogP contribution >= 0.6 is 11.6 Å². The van der Waals surface area contributed by atoms with Crippen LogP contribution in [0.5, 0.6) is 0 Å². The average Bonchev–Trinajstić information content (AvgIpc) is 3.15. The molecule has 1 saturated heterocycles. The zero-order valence-corrected chi connectivity index (χ0v) is 16.4. The third-order valence-corrected chi connectivity index (χ3v) is 6.80. The van der Waals surface area contributed by atoms with E-state index in [1.807, 2.05) is 12.1 Å². The first-order valence-corrected chi connectivity index (χ1v) is 10.5. The highest BCUT2D eigenvalue weighted by Crippen LogP contribution is 2.24. The van der Waals surface area contributed by atoms with E-state index in [1.165, 1.54) is 16.4 Å². The molecule has 0 atom stereocenters. The van der Waals surface area contributed by atoms with Gasteiger partial charge in [-0.1, -0.05) is 23.7 Å². The second kappa shape index (κ2) is 7.56. The van der Waals surface area contributed by atoms with Crippen LogP contribution < -0.4 is 5.32 Å². The summed E-state index contributed by atoms with van der Waals surface area (Å²) in [6, 6.07) is 13.3. The molecule has 0 bridgehead atoms. The number of aromatic amines is 1. The third-order valence-electron chi connectivity index (χ3n) is 4.57. The Kier molecular flexibility index (Phi) is 5.11. The number of nitrogens with one attached hydrogen (secondary N) is 2. The first kappa shape index (κ1) is 18.9. The quantitative estimate of drug-likeness (QED) is 0.679. The topological polar surface area (TPSA) is 91.5 Å². The number of ether oxygens (including phenoxy) is 1. The standard InChI is InChI=1S/C19H18ClN3O4S/c20-16-3-1-2-13-12-17(22-18(13)16)19(24)21-14-4-6-15(7-5-14)28(25,26)23-8-10-27-11-9-23/h1-7,12,22H,8-11H2,(H,21,24). The van der Waals surface area contributed by atoms with Crippen LogP contribution in [0, 0.1) is 0 Å². The van der Waals surface area contributed by atoms with E-state index in [4.69, 9.17) is 16.3 Å². The Balaban J connectivity index is 1.50. The van der Waals surface area contributed by atoms with Crippen molar-refractivity contribution in [3.8, 4) is 0 Å². The van der Waals surface area contributed by atoms with Crippen LogP contribution in [0.1, 0.15) is 10.5 Å². The van der Waals surface area contributed by atoms with Crippen LogP contribution in [0.3, 0.4) is 0 Å². The first-order valence-electron chi connectivity index (χ1n) is 8.72. The summed E-state index contributed by atoms with van der Waals surface area (Å²) in [4.78, 5) is 15.7. The van der Waals surface area contributed by atoms with Crippen LogP contribution in [0.25, 0.3) is 10.9 Å². The molecule has 4 rings (SSSR count). The minimum absolute atomic E-state index is 0.185. The molecule has 1 aliphatic heterocycles. The summed E-state index contributed by atoms with van der Waals surface area (Å²) in [6.45, 7) is 1.46. The fourth-order valence-electron chi connectivity index (χ4n) is 3.09. The Labute approximate surface area is 167 Å². The molecule has 1 amide bonds. The van der Waals surface area contributed by atoms with Crippen LogP contribution in [0.4, 0.5) is 5.69 Å². The van der Waals surface area contributed by atoms with Crippen molar-refractivity contribution in [2.75, 3.05) is 31.6 Å². The molecule has 2 heterocycles. The first-order chi connectivity index (χ1) is 13.4. The Hall–Kier alpha value is -2.39. The lowest BCUT2D eigenvalue weighted by atomic mass is 10.2. The van der Waals surface area contributed by atoms with Crippen molar-refractivity contribution in [2.24, 2.45) is 0 Å². The van der Waals surface area contributed by atoms with Gasteiger partial charge in [-0.05, 0) is 36.4 Å². The summed E-state index contributed by atoms with van der Waals surface area (Å²) in [6.07, 6.45) is 0. The van der Waals surface area contributed by atoms with E-state index < -0.39 is 10.0 Å². The monoisotopic (exact) mass is 419 g/mol. The molecular weight excluding hydrogens is 402 g/mol. The van der Waals surface area contributed by atoms with Gasteiger partial charge in [0.05, 0.1) is 28.6 Å². The minimum Gasteiger partial charge on any atom is -0.379 e. The largest absolute Gasteiger partial charge is 0.379 e. The molecule has 7 nitrogen and oxygen atoms in total. The molecule has 1 fully saturated rings. The number of sulfonamides is 1. The highest BCUT2D eigenvalue weighted by molar-refractivity contribution is 7.89. The number of aromatic nitrogens is 1. The van der Waals surface area contributed by atoms with E-state index in [0.29, 0.717) is 48.2 Å². The number of hydrogen-bond acceptors (Lipinski definition) is 4. The van der Waals surface area contributed by atoms with Crippen molar-refractivity contribution >= 4 is 44.1 Å². The highest BCUT2D eigenvalue weighted by Gasteiger charge is 2.26. The normalized spacial score (nSPS) is 15.6. The van der Waals surface area contributed by atoms with Crippen LogP contribution in [0.15, 0.2) is 53.4 Å². The second-order valence-electron chi connectivity index (χ2n) is 6.38. The van der Waals surface area contributed by atoms with Crippen molar-refractivity contribution in [2.45, 2.75) is 4.90 Å². The van der Waals surface area contributed by atoms with Gasteiger partial charge in [0.1, 0.15) is 5.69 Å². The zero-order chi connectivity index (χ0) is 19.7. The number of carbonyl (C=O) groups is 1. The van der Waals surface area contributed by atoms with Crippen molar-refractivity contribution in [3.63, 3.8) is 0 Å². The van der Waals surface area contributed by atoms with Gasteiger partial charge in [0.25, 0.3) is 5.91 Å². The molecule has 3 aromatic rings. The summed E-state index contributed by atoms with van der Waals surface area (Å²) in [7, 11) is -3.56.